The number of halogens is 2. The van der Waals surface area contributed by atoms with Crippen LogP contribution in [0.25, 0.3) is 0 Å². The van der Waals surface area contributed by atoms with Crippen molar-refractivity contribution in [3.05, 3.63) is 21.3 Å². The van der Waals surface area contributed by atoms with Crippen molar-refractivity contribution in [1.82, 2.24) is 4.90 Å². The first-order valence-corrected chi connectivity index (χ1v) is 8.66. The Morgan fingerprint density at radius 1 is 1.39 bits per heavy atom. The van der Waals surface area contributed by atoms with Crippen LogP contribution in [-0.4, -0.2) is 28.7 Å². The van der Waals surface area contributed by atoms with Crippen LogP contribution in [0.1, 0.15) is 41.8 Å². The molecular weight excluding hydrogens is 334 g/mol. The van der Waals surface area contributed by atoms with Gasteiger partial charge in [-0.1, -0.05) is 46.8 Å². The second-order valence-corrected chi connectivity index (χ2v) is 7.09. The molecule has 0 bridgehead atoms. The van der Waals surface area contributed by atoms with Crippen molar-refractivity contribution in [2.24, 2.45) is 0 Å². The maximum atomic E-state index is 12.5. The molecule has 1 aliphatic rings. The Bertz CT molecular complexity index is 403. The molecule has 0 saturated heterocycles. The normalized spacial score (nSPS) is 16.8. The molecule has 1 amide bonds. The van der Waals surface area contributed by atoms with Crippen molar-refractivity contribution in [3.63, 3.8) is 0 Å². The third kappa shape index (κ3) is 3.49. The van der Waals surface area contributed by atoms with Gasteiger partial charge in [-0.05, 0) is 25.0 Å². The quantitative estimate of drug-likeness (QED) is 0.728. The van der Waals surface area contributed by atoms with Gasteiger partial charge >= 0.3 is 0 Å². The summed E-state index contributed by atoms with van der Waals surface area (Å²) >= 11 is 10.7. The third-order valence-electron chi connectivity index (χ3n) is 3.39. The van der Waals surface area contributed by atoms with Crippen LogP contribution in [0.3, 0.4) is 0 Å². The van der Waals surface area contributed by atoms with E-state index in [9.17, 15) is 4.79 Å². The van der Waals surface area contributed by atoms with Gasteiger partial charge in [-0.25, -0.2) is 0 Å². The highest BCUT2D eigenvalue weighted by Gasteiger charge is 2.26. The average Bonchev–Trinajstić information content (AvgIpc) is 2.83. The maximum absolute atomic E-state index is 12.5. The topological polar surface area (TPSA) is 20.3 Å². The molecule has 1 fully saturated rings. The van der Waals surface area contributed by atoms with Crippen molar-refractivity contribution >= 4 is 44.8 Å². The largest absolute Gasteiger partial charge is 0.334 e. The van der Waals surface area contributed by atoms with E-state index in [2.05, 4.69) is 15.9 Å². The molecule has 2 rings (SSSR count). The van der Waals surface area contributed by atoms with Gasteiger partial charge in [-0.2, -0.15) is 0 Å². The average molecular weight is 351 g/mol. The summed E-state index contributed by atoms with van der Waals surface area (Å²) in [5.74, 6) is 0.137. The minimum atomic E-state index is 0.137. The zero-order valence-corrected chi connectivity index (χ0v) is 13.4. The molecule has 100 valence electrons. The molecule has 2 nitrogen and oxygen atoms in total. The summed E-state index contributed by atoms with van der Waals surface area (Å²) in [6, 6.07) is 4.04. The highest BCUT2D eigenvalue weighted by atomic mass is 79.9. The molecular formula is C13H17BrClNOS. The molecule has 1 aliphatic carbocycles. The Kier molecular flexibility index (Phi) is 5.52. The van der Waals surface area contributed by atoms with Crippen LogP contribution in [-0.2, 0) is 0 Å². The molecule has 1 aromatic heterocycles. The number of amides is 1. The fourth-order valence-electron chi connectivity index (χ4n) is 2.50. The predicted molar refractivity (Wildman–Crippen MR) is 81.0 cm³/mol. The highest BCUT2D eigenvalue weighted by Crippen LogP contribution is 2.27. The van der Waals surface area contributed by atoms with E-state index in [-0.39, 0.29) is 5.91 Å². The second-order valence-electron chi connectivity index (χ2n) is 4.58. The number of thiophene rings is 1. The second kappa shape index (κ2) is 6.92. The molecule has 0 spiro atoms. The van der Waals surface area contributed by atoms with Crippen LogP contribution in [0.2, 0.25) is 4.34 Å². The molecule has 0 aromatic carbocycles. The van der Waals surface area contributed by atoms with E-state index in [1.54, 1.807) is 6.07 Å². The van der Waals surface area contributed by atoms with Gasteiger partial charge in [0.1, 0.15) is 0 Å². The lowest BCUT2D eigenvalue weighted by atomic mass is 9.94. The van der Waals surface area contributed by atoms with E-state index in [0.29, 0.717) is 10.4 Å². The summed E-state index contributed by atoms with van der Waals surface area (Å²) in [5.41, 5.74) is 0. The van der Waals surface area contributed by atoms with Crippen molar-refractivity contribution in [1.29, 1.82) is 0 Å². The lowest BCUT2D eigenvalue weighted by Gasteiger charge is -2.33. The molecule has 0 radical (unpaired) electrons. The molecule has 18 heavy (non-hydrogen) atoms. The van der Waals surface area contributed by atoms with Crippen LogP contribution in [0.15, 0.2) is 12.1 Å². The van der Waals surface area contributed by atoms with E-state index in [4.69, 9.17) is 11.6 Å². The summed E-state index contributed by atoms with van der Waals surface area (Å²) < 4.78 is 0.681. The smallest absolute Gasteiger partial charge is 0.264 e. The van der Waals surface area contributed by atoms with Gasteiger partial charge in [0.15, 0.2) is 0 Å². The zero-order chi connectivity index (χ0) is 13.0. The first-order chi connectivity index (χ1) is 8.72. The summed E-state index contributed by atoms with van der Waals surface area (Å²) in [4.78, 5) is 15.3. The van der Waals surface area contributed by atoms with Crippen molar-refractivity contribution < 1.29 is 4.79 Å². The molecule has 0 N–H and O–H groups in total. The fraction of sp³-hybridized carbons (Fsp3) is 0.615. The number of hydrogen-bond acceptors (Lipinski definition) is 2. The van der Waals surface area contributed by atoms with E-state index < -0.39 is 0 Å². The lowest BCUT2D eigenvalue weighted by molar-refractivity contribution is 0.0656. The van der Waals surface area contributed by atoms with Crippen LogP contribution in [0, 0.1) is 0 Å². The molecule has 1 aromatic rings. The van der Waals surface area contributed by atoms with Crippen molar-refractivity contribution in [2.75, 3.05) is 11.9 Å². The molecule has 1 saturated carbocycles. The molecule has 0 aliphatic heterocycles. The highest BCUT2D eigenvalue weighted by molar-refractivity contribution is 9.09. The number of carbonyl (C=O) groups is 1. The standard InChI is InChI=1S/C13H17BrClNOS/c14-8-9-16(10-4-2-1-3-5-10)13(17)11-6-7-12(15)18-11/h6-7,10H,1-5,8-9H2. The van der Waals surface area contributed by atoms with Crippen LogP contribution < -0.4 is 0 Å². The van der Waals surface area contributed by atoms with Gasteiger partial charge in [0.25, 0.3) is 5.91 Å². The maximum Gasteiger partial charge on any atom is 0.264 e. The van der Waals surface area contributed by atoms with Crippen molar-refractivity contribution in [2.45, 2.75) is 38.1 Å². The first-order valence-electron chi connectivity index (χ1n) is 6.34. The summed E-state index contributed by atoms with van der Waals surface area (Å²) in [6.07, 6.45) is 6.05. The summed E-state index contributed by atoms with van der Waals surface area (Å²) in [6.45, 7) is 0.777. The SMILES string of the molecule is O=C(c1ccc(Cl)s1)N(CCBr)C1CCCCC1. The minimum absolute atomic E-state index is 0.137. The van der Waals surface area contributed by atoms with Gasteiger partial charge in [-0.3, -0.25) is 4.79 Å². The molecule has 1 heterocycles. The molecule has 0 atom stereocenters. The van der Waals surface area contributed by atoms with E-state index >= 15 is 0 Å². The monoisotopic (exact) mass is 349 g/mol. The van der Waals surface area contributed by atoms with E-state index in [1.165, 1.54) is 30.6 Å². The first kappa shape index (κ1) is 14.4. The zero-order valence-electron chi connectivity index (χ0n) is 10.2. The van der Waals surface area contributed by atoms with Crippen molar-refractivity contribution in [3.8, 4) is 0 Å². The number of rotatable bonds is 4. The summed E-state index contributed by atoms with van der Waals surface area (Å²) in [5, 5.41) is 0.828. The lowest BCUT2D eigenvalue weighted by Crippen LogP contribution is -2.42. The van der Waals surface area contributed by atoms with Gasteiger partial charge in [0.2, 0.25) is 0 Å². The van der Waals surface area contributed by atoms with Gasteiger partial charge in [0.05, 0.1) is 9.21 Å². The number of hydrogen-bond donors (Lipinski definition) is 0. The predicted octanol–water partition coefficient (Wildman–Crippen LogP) is 4.57. The third-order valence-corrected chi connectivity index (χ3v) is 4.96. The van der Waals surface area contributed by atoms with Gasteiger partial charge in [-0.15, -0.1) is 11.3 Å². The van der Waals surface area contributed by atoms with Gasteiger partial charge in [0, 0.05) is 17.9 Å². The van der Waals surface area contributed by atoms with E-state index in [1.807, 2.05) is 11.0 Å². The Morgan fingerprint density at radius 3 is 2.67 bits per heavy atom. The Balaban J connectivity index is 2.10. The number of nitrogens with zero attached hydrogens (tertiary/aromatic N) is 1. The molecule has 0 unspecified atom stereocenters. The van der Waals surface area contributed by atoms with Gasteiger partial charge < -0.3 is 4.90 Å². The van der Waals surface area contributed by atoms with E-state index in [0.717, 1.165) is 29.6 Å². The fourth-order valence-corrected chi connectivity index (χ4v) is 3.89. The summed E-state index contributed by atoms with van der Waals surface area (Å²) in [7, 11) is 0. The number of carbonyl (C=O) groups excluding carboxylic acids is 1. The number of alkyl halides is 1. The Morgan fingerprint density at radius 2 is 2.11 bits per heavy atom. The van der Waals surface area contributed by atoms with Crippen LogP contribution in [0.4, 0.5) is 0 Å². The molecule has 5 heteroatoms. The minimum Gasteiger partial charge on any atom is -0.334 e. The van der Waals surface area contributed by atoms with Crippen LogP contribution >= 0.6 is 38.9 Å². The van der Waals surface area contributed by atoms with Crippen LogP contribution in [0.5, 0.6) is 0 Å². The Labute approximate surface area is 125 Å². The Hall–Kier alpha value is -0.0600.